The number of nitrogens with zero attached hydrogens (tertiary/aromatic N) is 2. The van der Waals surface area contributed by atoms with Crippen LogP contribution in [0.25, 0.3) is 11.1 Å². The number of likely N-dealkylation sites (tertiary alicyclic amines) is 1. The van der Waals surface area contributed by atoms with Crippen LogP contribution < -0.4 is 0 Å². The fourth-order valence-corrected chi connectivity index (χ4v) is 5.64. The lowest BCUT2D eigenvalue weighted by atomic mass is 9.97. The summed E-state index contributed by atoms with van der Waals surface area (Å²) in [5.41, 5.74) is 1.69. The Bertz CT molecular complexity index is 1060. The quantitative estimate of drug-likeness (QED) is 0.572. The molecule has 0 atom stereocenters. The molecular formula is C20H20Cl2N2O3S. The third-order valence-electron chi connectivity index (χ3n) is 5.15. The molecule has 2 heterocycles. The van der Waals surface area contributed by atoms with Gasteiger partial charge in [-0.1, -0.05) is 35.3 Å². The number of hydrogen-bond acceptors (Lipinski definition) is 5. The lowest BCUT2D eigenvalue weighted by Gasteiger charge is -2.30. The van der Waals surface area contributed by atoms with Crippen molar-refractivity contribution < 1.29 is 12.8 Å². The number of rotatable bonds is 5. The molecule has 4 rings (SSSR count). The van der Waals surface area contributed by atoms with Crippen LogP contribution >= 0.6 is 23.2 Å². The first-order chi connectivity index (χ1) is 13.4. The number of aromatic nitrogens is 1. The van der Waals surface area contributed by atoms with Crippen LogP contribution in [-0.2, 0) is 9.84 Å². The number of oxazole rings is 1. The van der Waals surface area contributed by atoms with Crippen LogP contribution in [0.15, 0.2) is 51.8 Å². The van der Waals surface area contributed by atoms with Crippen LogP contribution in [0.1, 0.15) is 24.7 Å². The second-order valence-electron chi connectivity index (χ2n) is 7.03. The highest BCUT2D eigenvalue weighted by Crippen LogP contribution is 2.30. The molecule has 8 heteroatoms. The Morgan fingerprint density at radius 2 is 1.86 bits per heavy atom. The van der Waals surface area contributed by atoms with E-state index < -0.39 is 9.84 Å². The number of fused-ring (bicyclic) bond motifs is 1. The lowest BCUT2D eigenvalue weighted by Crippen LogP contribution is -2.36. The smallest absolute Gasteiger partial charge is 0.198 e. The summed E-state index contributed by atoms with van der Waals surface area (Å²) in [6, 6.07) is 12.3. The molecular weight excluding hydrogens is 419 g/mol. The molecule has 1 saturated heterocycles. The Morgan fingerprint density at radius 3 is 2.61 bits per heavy atom. The summed E-state index contributed by atoms with van der Waals surface area (Å²) in [4.78, 5) is 6.86. The molecule has 1 aliphatic heterocycles. The molecule has 0 amide bonds. The summed E-state index contributed by atoms with van der Waals surface area (Å²) in [6.45, 7) is 2.08. The van der Waals surface area contributed by atoms with E-state index in [1.165, 1.54) is 12.1 Å². The Labute approximate surface area is 174 Å². The average molecular weight is 439 g/mol. The van der Waals surface area contributed by atoms with Crippen LogP contribution in [0, 0.1) is 0 Å². The van der Waals surface area contributed by atoms with Gasteiger partial charge >= 0.3 is 0 Å². The predicted molar refractivity (Wildman–Crippen MR) is 111 cm³/mol. The van der Waals surface area contributed by atoms with Gasteiger partial charge in [0.15, 0.2) is 21.3 Å². The van der Waals surface area contributed by atoms with Gasteiger partial charge in [-0.3, -0.25) is 0 Å². The van der Waals surface area contributed by atoms with Gasteiger partial charge in [0, 0.05) is 17.5 Å². The molecule has 0 unspecified atom stereocenters. The van der Waals surface area contributed by atoms with Crippen LogP contribution in [0.2, 0.25) is 10.0 Å². The largest absolute Gasteiger partial charge is 0.440 e. The van der Waals surface area contributed by atoms with Crippen molar-refractivity contribution in [3.8, 4) is 0 Å². The first kappa shape index (κ1) is 19.7. The van der Waals surface area contributed by atoms with E-state index in [-0.39, 0.29) is 21.6 Å². The standard InChI is InChI=1S/C20H20Cl2N2O3S/c21-15-5-6-16(22)19(13-15)28(25,26)12-11-24-9-7-14(8-10-24)20-23-17-3-1-2-4-18(17)27-20/h1-6,13-14H,7-12H2. The fourth-order valence-electron chi connectivity index (χ4n) is 3.54. The zero-order valence-electron chi connectivity index (χ0n) is 15.1. The van der Waals surface area contributed by atoms with Gasteiger partial charge in [0.2, 0.25) is 0 Å². The maximum atomic E-state index is 12.6. The van der Waals surface area contributed by atoms with Gasteiger partial charge in [0.25, 0.3) is 0 Å². The van der Waals surface area contributed by atoms with Crippen LogP contribution in [-0.4, -0.2) is 43.7 Å². The predicted octanol–water partition coefficient (Wildman–Crippen LogP) is 4.79. The molecule has 3 aromatic rings. The number of piperidine rings is 1. The van der Waals surface area contributed by atoms with Crippen LogP contribution in [0.3, 0.4) is 0 Å². The van der Waals surface area contributed by atoms with Gasteiger partial charge < -0.3 is 9.32 Å². The van der Waals surface area contributed by atoms with E-state index in [4.69, 9.17) is 27.6 Å². The molecule has 28 heavy (non-hydrogen) atoms. The maximum Gasteiger partial charge on any atom is 0.198 e. The summed E-state index contributed by atoms with van der Waals surface area (Å²) < 4.78 is 31.2. The fraction of sp³-hybridized carbons (Fsp3) is 0.350. The van der Waals surface area contributed by atoms with E-state index in [0.29, 0.717) is 11.6 Å². The Kier molecular flexibility index (Phi) is 5.65. The summed E-state index contributed by atoms with van der Waals surface area (Å²) in [7, 11) is -3.48. The molecule has 1 aromatic heterocycles. The summed E-state index contributed by atoms with van der Waals surface area (Å²) in [5.74, 6) is 1.06. The van der Waals surface area contributed by atoms with Gasteiger partial charge in [-0.25, -0.2) is 13.4 Å². The second kappa shape index (κ2) is 8.03. The highest BCUT2D eigenvalue weighted by atomic mass is 35.5. The molecule has 0 saturated carbocycles. The minimum Gasteiger partial charge on any atom is -0.440 e. The van der Waals surface area contributed by atoms with E-state index in [0.717, 1.165) is 42.9 Å². The summed E-state index contributed by atoms with van der Waals surface area (Å²) >= 11 is 12.0. The van der Waals surface area contributed by atoms with E-state index in [1.54, 1.807) is 6.07 Å². The first-order valence-electron chi connectivity index (χ1n) is 9.18. The molecule has 0 radical (unpaired) electrons. The van der Waals surface area contributed by atoms with Gasteiger partial charge in [-0.15, -0.1) is 0 Å². The van der Waals surface area contributed by atoms with Crippen molar-refractivity contribution in [3.05, 3.63) is 58.4 Å². The number of halogens is 2. The van der Waals surface area contributed by atoms with Crippen molar-refractivity contribution in [3.63, 3.8) is 0 Å². The van der Waals surface area contributed by atoms with Gasteiger partial charge in [0.1, 0.15) is 5.52 Å². The summed E-state index contributed by atoms with van der Waals surface area (Å²) in [6.07, 6.45) is 1.79. The Balaban J connectivity index is 1.36. The number of sulfone groups is 1. The SMILES string of the molecule is O=S(=O)(CCN1CCC(c2nc3ccccc3o2)CC1)c1cc(Cl)ccc1Cl. The maximum absolute atomic E-state index is 12.6. The Hall–Kier alpha value is -1.60. The van der Waals surface area contributed by atoms with Crippen molar-refractivity contribution in [2.45, 2.75) is 23.7 Å². The molecule has 0 aliphatic carbocycles. The number of benzene rings is 2. The third-order valence-corrected chi connectivity index (χ3v) is 7.56. The van der Waals surface area contributed by atoms with Gasteiger partial charge in [-0.05, 0) is 56.3 Å². The first-order valence-corrected chi connectivity index (χ1v) is 11.6. The van der Waals surface area contributed by atoms with Gasteiger partial charge in [-0.2, -0.15) is 0 Å². The molecule has 1 fully saturated rings. The normalized spacial score (nSPS) is 16.6. The molecule has 0 N–H and O–H groups in total. The van der Waals surface area contributed by atoms with Crippen molar-refractivity contribution >= 4 is 44.1 Å². The van der Waals surface area contributed by atoms with E-state index >= 15 is 0 Å². The van der Waals surface area contributed by atoms with E-state index in [9.17, 15) is 8.42 Å². The van der Waals surface area contributed by atoms with E-state index in [1.807, 2.05) is 24.3 Å². The van der Waals surface area contributed by atoms with Crippen LogP contribution in [0.4, 0.5) is 0 Å². The lowest BCUT2D eigenvalue weighted by molar-refractivity contribution is 0.210. The molecule has 0 bridgehead atoms. The number of hydrogen-bond donors (Lipinski definition) is 0. The van der Waals surface area contributed by atoms with Crippen molar-refractivity contribution in [1.82, 2.24) is 9.88 Å². The molecule has 0 spiro atoms. The molecule has 148 valence electrons. The van der Waals surface area contributed by atoms with Crippen molar-refractivity contribution in [2.75, 3.05) is 25.4 Å². The average Bonchev–Trinajstić information content (AvgIpc) is 3.13. The second-order valence-corrected chi connectivity index (χ2v) is 9.95. The topological polar surface area (TPSA) is 63.4 Å². The third kappa shape index (κ3) is 4.20. The van der Waals surface area contributed by atoms with E-state index in [2.05, 4.69) is 9.88 Å². The molecule has 1 aliphatic rings. The molecule has 5 nitrogen and oxygen atoms in total. The Morgan fingerprint density at radius 1 is 1.11 bits per heavy atom. The minimum absolute atomic E-state index is 0.0145. The summed E-state index contributed by atoms with van der Waals surface area (Å²) in [5, 5.41) is 0.571. The van der Waals surface area contributed by atoms with Crippen molar-refractivity contribution in [1.29, 1.82) is 0 Å². The van der Waals surface area contributed by atoms with Crippen LogP contribution in [0.5, 0.6) is 0 Å². The molecule has 2 aromatic carbocycles. The monoisotopic (exact) mass is 438 g/mol. The highest BCUT2D eigenvalue weighted by molar-refractivity contribution is 7.91. The van der Waals surface area contributed by atoms with Crippen molar-refractivity contribution in [2.24, 2.45) is 0 Å². The highest BCUT2D eigenvalue weighted by Gasteiger charge is 2.26. The minimum atomic E-state index is -3.48. The zero-order chi connectivity index (χ0) is 19.7. The number of para-hydroxylation sites is 2. The van der Waals surface area contributed by atoms with Gasteiger partial charge in [0.05, 0.1) is 15.7 Å². The zero-order valence-corrected chi connectivity index (χ0v) is 17.5.